The first kappa shape index (κ1) is 20.0. The van der Waals surface area contributed by atoms with Crippen molar-refractivity contribution in [3.8, 4) is 11.3 Å². The van der Waals surface area contributed by atoms with Gasteiger partial charge in [0.05, 0.1) is 17.3 Å². The van der Waals surface area contributed by atoms with E-state index >= 15 is 0 Å². The number of aromatic nitrogens is 1. The van der Waals surface area contributed by atoms with Crippen LogP contribution in [-0.4, -0.2) is 21.5 Å². The molecule has 29 heavy (non-hydrogen) atoms. The minimum absolute atomic E-state index is 0.130. The molecule has 0 aliphatic carbocycles. The van der Waals surface area contributed by atoms with E-state index in [1.54, 1.807) is 18.3 Å². The highest BCUT2D eigenvalue weighted by Crippen LogP contribution is 2.40. The molecule has 1 fully saturated rings. The molecule has 7 heteroatoms. The van der Waals surface area contributed by atoms with E-state index in [-0.39, 0.29) is 17.9 Å². The number of benzene rings is 1. The number of pyridine rings is 1. The summed E-state index contributed by atoms with van der Waals surface area (Å²) in [5, 5.41) is 4.09. The highest BCUT2D eigenvalue weighted by atomic mass is 79.9. The molecule has 4 nitrogen and oxygen atoms in total. The van der Waals surface area contributed by atoms with Gasteiger partial charge in [-0.25, -0.2) is 4.39 Å². The van der Waals surface area contributed by atoms with Crippen molar-refractivity contribution >= 4 is 33.3 Å². The van der Waals surface area contributed by atoms with Crippen LogP contribution in [0.2, 0.25) is 0 Å². The Morgan fingerprint density at radius 3 is 2.83 bits per heavy atom. The Hall–Kier alpha value is -2.25. The van der Waals surface area contributed by atoms with Gasteiger partial charge in [0.15, 0.2) is 5.11 Å². The van der Waals surface area contributed by atoms with Crippen molar-refractivity contribution in [2.75, 3.05) is 6.54 Å². The molecular formula is C22H21BrFN3OS. The molecular weight excluding hydrogens is 453 g/mol. The fourth-order valence-corrected chi connectivity index (χ4v) is 4.29. The average molecular weight is 474 g/mol. The fourth-order valence-electron chi connectivity index (χ4n) is 3.63. The summed E-state index contributed by atoms with van der Waals surface area (Å²) in [6.45, 7) is 2.97. The molecule has 0 amide bonds. The van der Waals surface area contributed by atoms with E-state index in [4.69, 9.17) is 16.6 Å². The Bertz CT molecular complexity index is 1010. The SMILES string of the molecule is CCCCN1C(=S)N[C@H](c2ccccn2)[C@@H]1c1ccc(-c2ccc(Br)cc2F)o1. The molecule has 1 aliphatic rings. The zero-order valence-corrected chi connectivity index (χ0v) is 18.3. The number of thiocarbonyl (C=S) groups is 1. The van der Waals surface area contributed by atoms with E-state index in [0.717, 1.165) is 30.8 Å². The van der Waals surface area contributed by atoms with Gasteiger partial charge in [-0.3, -0.25) is 4.98 Å². The van der Waals surface area contributed by atoms with Gasteiger partial charge in [0.25, 0.3) is 0 Å². The van der Waals surface area contributed by atoms with E-state index in [1.807, 2.05) is 30.3 Å². The molecule has 0 saturated carbocycles. The third-order valence-corrected chi connectivity index (χ3v) is 5.91. The Morgan fingerprint density at radius 2 is 2.10 bits per heavy atom. The summed E-state index contributed by atoms with van der Waals surface area (Å²) in [6, 6.07) is 14.2. The van der Waals surface area contributed by atoms with Gasteiger partial charge in [-0.05, 0) is 61.1 Å². The quantitative estimate of drug-likeness (QED) is 0.443. The monoisotopic (exact) mass is 473 g/mol. The summed E-state index contributed by atoms with van der Waals surface area (Å²) in [7, 11) is 0. The van der Waals surface area contributed by atoms with E-state index in [0.29, 0.717) is 20.9 Å². The summed E-state index contributed by atoms with van der Waals surface area (Å²) < 4.78 is 21.3. The highest BCUT2D eigenvalue weighted by molar-refractivity contribution is 9.10. The molecule has 150 valence electrons. The van der Waals surface area contributed by atoms with Crippen LogP contribution in [0.5, 0.6) is 0 Å². The smallest absolute Gasteiger partial charge is 0.170 e. The van der Waals surface area contributed by atoms with Gasteiger partial charge in [0.2, 0.25) is 0 Å². The van der Waals surface area contributed by atoms with Crippen molar-refractivity contribution in [2.45, 2.75) is 31.8 Å². The van der Waals surface area contributed by atoms with Crippen LogP contribution in [0.15, 0.2) is 63.6 Å². The second kappa shape index (κ2) is 8.63. The fraction of sp³-hybridized carbons (Fsp3) is 0.273. The van der Waals surface area contributed by atoms with E-state index in [1.165, 1.54) is 6.07 Å². The molecule has 2 atom stereocenters. The lowest BCUT2D eigenvalue weighted by molar-refractivity contribution is 0.271. The maximum absolute atomic E-state index is 14.4. The third kappa shape index (κ3) is 4.07. The van der Waals surface area contributed by atoms with E-state index in [9.17, 15) is 4.39 Å². The Labute approximate surface area is 183 Å². The van der Waals surface area contributed by atoms with Gasteiger partial charge in [-0.1, -0.05) is 35.3 Å². The van der Waals surface area contributed by atoms with Crippen molar-refractivity contribution in [3.05, 3.63) is 76.5 Å². The topological polar surface area (TPSA) is 41.3 Å². The van der Waals surface area contributed by atoms with Crippen molar-refractivity contribution in [3.63, 3.8) is 0 Å². The van der Waals surface area contributed by atoms with Gasteiger partial charge < -0.3 is 14.6 Å². The first-order chi connectivity index (χ1) is 14.1. The molecule has 2 aromatic heterocycles. The van der Waals surface area contributed by atoms with Gasteiger partial charge in [-0.2, -0.15) is 0 Å². The van der Waals surface area contributed by atoms with Crippen molar-refractivity contribution < 1.29 is 8.81 Å². The number of rotatable bonds is 6. The molecule has 4 rings (SSSR count). The second-order valence-corrected chi connectivity index (χ2v) is 8.30. The zero-order chi connectivity index (χ0) is 20.4. The van der Waals surface area contributed by atoms with E-state index < -0.39 is 0 Å². The van der Waals surface area contributed by atoms with Crippen LogP contribution in [0.4, 0.5) is 4.39 Å². The first-order valence-electron chi connectivity index (χ1n) is 9.61. The number of nitrogens with one attached hydrogen (secondary N) is 1. The summed E-state index contributed by atoms with van der Waals surface area (Å²) in [4.78, 5) is 6.67. The Balaban J connectivity index is 1.72. The molecule has 1 aromatic carbocycles. The zero-order valence-electron chi connectivity index (χ0n) is 15.9. The molecule has 1 saturated heterocycles. The lowest BCUT2D eigenvalue weighted by atomic mass is 10.0. The van der Waals surface area contributed by atoms with Crippen LogP contribution >= 0.6 is 28.1 Å². The molecule has 0 unspecified atom stereocenters. The number of unbranched alkanes of at least 4 members (excludes halogenated alkanes) is 1. The standard InChI is InChI=1S/C22H21BrFN3OS/c1-2-3-12-27-21(20(26-22(27)29)17-6-4-5-11-25-17)19-10-9-18(28-19)15-8-7-14(23)13-16(15)24/h4-11,13,20-21H,2-3,12H2,1H3,(H,26,29)/t20-,21+/m1/s1. The summed E-state index contributed by atoms with van der Waals surface area (Å²) in [5.74, 6) is 0.906. The van der Waals surface area contributed by atoms with Crippen molar-refractivity contribution in [2.24, 2.45) is 0 Å². The first-order valence-corrected chi connectivity index (χ1v) is 10.8. The van der Waals surface area contributed by atoms with E-state index in [2.05, 4.69) is 38.1 Å². The number of nitrogens with zero attached hydrogens (tertiary/aromatic N) is 2. The molecule has 1 N–H and O–H groups in total. The Morgan fingerprint density at radius 1 is 1.24 bits per heavy atom. The normalized spacial score (nSPS) is 18.9. The lowest BCUT2D eigenvalue weighted by Gasteiger charge is -2.25. The summed E-state index contributed by atoms with van der Waals surface area (Å²) >= 11 is 8.92. The van der Waals surface area contributed by atoms with Crippen LogP contribution in [-0.2, 0) is 0 Å². The molecule has 0 spiro atoms. The van der Waals surface area contributed by atoms with Crippen LogP contribution in [0.3, 0.4) is 0 Å². The van der Waals surface area contributed by atoms with Gasteiger partial charge in [0.1, 0.15) is 23.4 Å². The summed E-state index contributed by atoms with van der Waals surface area (Å²) in [5.41, 5.74) is 1.33. The minimum atomic E-state index is -0.329. The molecule has 3 aromatic rings. The molecule has 1 aliphatic heterocycles. The van der Waals surface area contributed by atoms with Crippen LogP contribution in [0.1, 0.15) is 43.3 Å². The average Bonchev–Trinajstić information content (AvgIpc) is 3.31. The molecule has 0 radical (unpaired) electrons. The lowest BCUT2D eigenvalue weighted by Crippen LogP contribution is -2.30. The predicted octanol–water partition coefficient (Wildman–Crippen LogP) is 6.02. The molecule has 0 bridgehead atoms. The second-order valence-electron chi connectivity index (χ2n) is 7.00. The van der Waals surface area contributed by atoms with Crippen LogP contribution in [0.25, 0.3) is 11.3 Å². The van der Waals surface area contributed by atoms with Gasteiger partial charge in [-0.15, -0.1) is 0 Å². The maximum atomic E-state index is 14.4. The number of halogens is 2. The Kier molecular flexibility index (Phi) is 5.96. The predicted molar refractivity (Wildman–Crippen MR) is 119 cm³/mol. The number of hydrogen-bond donors (Lipinski definition) is 1. The van der Waals surface area contributed by atoms with Crippen molar-refractivity contribution in [1.29, 1.82) is 0 Å². The highest BCUT2D eigenvalue weighted by Gasteiger charge is 2.41. The third-order valence-electron chi connectivity index (χ3n) is 5.07. The van der Waals surface area contributed by atoms with Crippen LogP contribution in [0, 0.1) is 5.82 Å². The van der Waals surface area contributed by atoms with Crippen molar-refractivity contribution in [1.82, 2.24) is 15.2 Å². The number of hydrogen-bond acceptors (Lipinski definition) is 3. The van der Waals surface area contributed by atoms with Gasteiger partial charge >= 0.3 is 0 Å². The number of furan rings is 1. The van der Waals surface area contributed by atoms with Crippen LogP contribution < -0.4 is 5.32 Å². The molecule has 3 heterocycles. The largest absolute Gasteiger partial charge is 0.459 e. The summed E-state index contributed by atoms with van der Waals surface area (Å²) in [6.07, 6.45) is 3.85. The minimum Gasteiger partial charge on any atom is -0.459 e. The van der Waals surface area contributed by atoms with Gasteiger partial charge in [0, 0.05) is 17.2 Å². The maximum Gasteiger partial charge on any atom is 0.170 e.